The summed E-state index contributed by atoms with van der Waals surface area (Å²) in [7, 11) is 1.80. The number of aryl methyl sites for hydroxylation is 1. The van der Waals surface area contributed by atoms with E-state index < -0.39 is 0 Å². The molecule has 0 aliphatic carbocycles. The Morgan fingerprint density at radius 2 is 1.76 bits per heavy atom. The van der Waals surface area contributed by atoms with Gasteiger partial charge in [0.1, 0.15) is 0 Å². The Morgan fingerprint density at radius 1 is 1.03 bits per heavy atom. The van der Waals surface area contributed by atoms with Gasteiger partial charge in [0.05, 0.1) is 0 Å². The number of nitrogens with one attached hydrogen (secondary N) is 2. The molecule has 5 heteroatoms. The van der Waals surface area contributed by atoms with Crippen LogP contribution >= 0.6 is 0 Å². The van der Waals surface area contributed by atoms with Crippen molar-refractivity contribution in [2.24, 2.45) is 0 Å². The number of carbonyl (C=O) groups excluding carboxylic acids is 2. The number of fused-ring (bicyclic) bond motifs is 1. The summed E-state index contributed by atoms with van der Waals surface area (Å²) in [6.07, 6.45) is 1.27. The second kappa shape index (κ2) is 9.40. The number of aromatic amines is 1. The van der Waals surface area contributed by atoms with E-state index in [1.807, 2.05) is 50.2 Å². The molecule has 4 aromatic rings. The summed E-state index contributed by atoms with van der Waals surface area (Å²) >= 11 is 0. The Morgan fingerprint density at radius 3 is 2.44 bits per heavy atom. The normalized spacial score (nSPS) is 10.8. The summed E-state index contributed by atoms with van der Waals surface area (Å²) < 4.78 is 0. The molecule has 0 bridgehead atoms. The van der Waals surface area contributed by atoms with Crippen LogP contribution in [0.4, 0.5) is 5.69 Å². The van der Waals surface area contributed by atoms with Crippen molar-refractivity contribution in [2.45, 2.75) is 20.8 Å². The van der Waals surface area contributed by atoms with Gasteiger partial charge < -0.3 is 15.2 Å². The smallest absolute Gasteiger partial charge is 0.253 e. The van der Waals surface area contributed by atoms with E-state index in [1.54, 1.807) is 11.9 Å². The Kier molecular flexibility index (Phi) is 6.37. The zero-order chi connectivity index (χ0) is 24.4. The predicted molar refractivity (Wildman–Crippen MR) is 140 cm³/mol. The van der Waals surface area contributed by atoms with Crippen LogP contribution in [0.5, 0.6) is 0 Å². The maximum Gasteiger partial charge on any atom is 0.253 e. The van der Waals surface area contributed by atoms with E-state index in [4.69, 9.17) is 0 Å². The number of rotatable bonds is 6. The number of anilines is 1. The summed E-state index contributed by atoms with van der Waals surface area (Å²) in [6, 6.07) is 20.0. The van der Waals surface area contributed by atoms with Crippen LogP contribution < -0.4 is 5.32 Å². The van der Waals surface area contributed by atoms with Crippen LogP contribution in [0.25, 0.3) is 33.3 Å². The summed E-state index contributed by atoms with van der Waals surface area (Å²) in [5.74, 6) is -0.215. The van der Waals surface area contributed by atoms with Gasteiger partial charge in [-0.25, -0.2) is 0 Å². The Balaban J connectivity index is 1.77. The molecule has 0 spiro atoms. The van der Waals surface area contributed by atoms with Crippen molar-refractivity contribution in [3.05, 3.63) is 90.0 Å². The van der Waals surface area contributed by atoms with Crippen LogP contribution in [0.1, 0.15) is 28.4 Å². The van der Waals surface area contributed by atoms with E-state index >= 15 is 0 Å². The molecule has 172 valence electrons. The fourth-order valence-corrected chi connectivity index (χ4v) is 4.15. The Labute approximate surface area is 200 Å². The van der Waals surface area contributed by atoms with Crippen molar-refractivity contribution in [1.29, 1.82) is 0 Å². The first kappa shape index (κ1) is 23.1. The minimum atomic E-state index is -0.231. The molecule has 0 fully saturated rings. The summed E-state index contributed by atoms with van der Waals surface area (Å²) in [5, 5.41) is 4.00. The summed E-state index contributed by atoms with van der Waals surface area (Å²) in [6.45, 7) is 10.3. The van der Waals surface area contributed by atoms with Crippen LogP contribution in [-0.4, -0.2) is 35.3 Å². The van der Waals surface area contributed by atoms with Gasteiger partial charge in [0.25, 0.3) is 5.91 Å². The van der Waals surface area contributed by atoms with Crippen molar-refractivity contribution < 1.29 is 9.59 Å². The quantitative estimate of drug-likeness (QED) is 0.336. The van der Waals surface area contributed by atoms with Gasteiger partial charge in [0.15, 0.2) is 0 Å². The number of benzene rings is 3. The van der Waals surface area contributed by atoms with E-state index in [-0.39, 0.29) is 11.8 Å². The monoisotopic (exact) mass is 451 g/mol. The van der Waals surface area contributed by atoms with Crippen LogP contribution in [0.2, 0.25) is 0 Å². The van der Waals surface area contributed by atoms with E-state index in [9.17, 15) is 9.59 Å². The van der Waals surface area contributed by atoms with Gasteiger partial charge in [-0.05, 0) is 78.9 Å². The maximum absolute atomic E-state index is 12.4. The Bertz CT molecular complexity index is 1400. The fraction of sp³-hybridized carbons (Fsp3) is 0.172. The molecule has 34 heavy (non-hydrogen) atoms. The number of aromatic nitrogens is 1. The van der Waals surface area contributed by atoms with Gasteiger partial charge in [0.2, 0.25) is 5.91 Å². The molecule has 1 heterocycles. The second-order valence-corrected chi connectivity index (χ2v) is 8.47. The van der Waals surface area contributed by atoms with Gasteiger partial charge in [-0.3, -0.25) is 9.59 Å². The highest BCUT2D eigenvalue weighted by atomic mass is 16.2. The lowest BCUT2D eigenvalue weighted by molar-refractivity contribution is -0.111. The predicted octanol–water partition coefficient (Wildman–Crippen LogP) is 6.34. The maximum atomic E-state index is 12.4. The molecule has 4 rings (SSSR count). The number of amides is 2. The minimum absolute atomic E-state index is 0.0164. The summed E-state index contributed by atoms with van der Waals surface area (Å²) in [5.41, 5.74) is 8.80. The van der Waals surface area contributed by atoms with Crippen molar-refractivity contribution in [3.63, 3.8) is 0 Å². The molecule has 5 nitrogen and oxygen atoms in total. The van der Waals surface area contributed by atoms with Crippen molar-refractivity contribution in [2.75, 3.05) is 18.9 Å². The minimum Gasteiger partial charge on any atom is -0.354 e. The molecule has 2 N–H and O–H groups in total. The van der Waals surface area contributed by atoms with Crippen LogP contribution in [0, 0.1) is 13.8 Å². The van der Waals surface area contributed by atoms with Gasteiger partial charge >= 0.3 is 0 Å². The molecule has 0 saturated carbocycles. The molecule has 1 aromatic heterocycles. The van der Waals surface area contributed by atoms with Crippen molar-refractivity contribution in [1.82, 2.24) is 9.88 Å². The average Bonchev–Trinajstić information content (AvgIpc) is 3.31. The lowest BCUT2D eigenvalue weighted by Crippen LogP contribution is -2.26. The fourth-order valence-electron chi connectivity index (χ4n) is 4.15. The number of carbonyl (C=O) groups is 2. The molecule has 0 radical (unpaired) electrons. The SMILES string of the molecule is C=CC(=O)Nc1cccc(-c2ccc(C)c3[nH]c(-c4ccc(C(=O)N(C)CC)cc4)cc23)c1C. The van der Waals surface area contributed by atoms with Crippen LogP contribution in [0.15, 0.2) is 73.3 Å². The molecule has 0 aliphatic heterocycles. The third kappa shape index (κ3) is 4.25. The van der Waals surface area contributed by atoms with Crippen LogP contribution in [0.3, 0.4) is 0 Å². The topological polar surface area (TPSA) is 65.2 Å². The summed E-state index contributed by atoms with van der Waals surface area (Å²) in [4.78, 5) is 29.6. The third-order valence-corrected chi connectivity index (χ3v) is 6.33. The number of hydrogen-bond acceptors (Lipinski definition) is 2. The molecule has 0 unspecified atom stereocenters. The molecular weight excluding hydrogens is 422 g/mol. The first-order valence-corrected chi connectivity index (χ1v) is 11.4. The van der Waals surface area contributed by atoms with Gasteiger partial charge in [-0.15, -0.1) is 0 Å². The zero-order valence-electron chi connectivity index (χ0n) is 20.0. The molecule has 0 aliphatic rings. The first-order valence-electron chi connectivity index (χ1n) is 11.4. The number of H-pyrrole nitrogens is 1. The first-order chi connectivity index (χ1) is 16.3. The van der Waals surface area contributed by atoms with E-state index in [2.05, 4.69) is 48.1 Å². The largest absolute Gasteiger partial charge is 0.354 e. The molecule has 2 amide bonds. The highest BCUT2D eigenvalue weighted by Gasteiger charge is 2.15. The van der Waals surface area contributed by atoms with Gasteiger partial charge in [-0.2, -0.15) is 0 Å². The Hall–Kier alpha value is -4.12. The standard InChI is InChI=1S/C29H29N3O2/c1-6-27(33)30-25-10-8-9-22(19(25)4)23-16-11-18(3)28-24(23)17-26(31-28)20-12-14-21(15-13-20)29(34)32(5)7-2/h6,8-17,31H,1,7H2,2-5H3,(H,30,33). The lowest BCUT2D eigenvalue weighted by Gasteiger charge is -2.14. The second-order valence-electron chi connectivity index (χ2n) is 8.47. The van der Waals surface area contributed by atoms with Crippen LogP contribution in [-0.2, 0) is 4.79 Å². The lowest BCUT2D eigenvalue weighted by atomic mass is 9.95. The average molecular weight is 452 g/mol. The number of nitrogens with zero attached hydrogens (tertiary/aromatic N) is 1. The van der Waals surface area contributed by atoms with Crippen molar-refractivity contribution in [3.8, 4) is 22.4 Å². The van der Waals surface area contributed by atoms with Gasteiger partial charge in [0, 0.05) is 41.4 Å². The van der Waals surface area contributed by atoms with E-state index in [0.29, 0.717) is 12.1 Å². The molecular formula is C29H29N3O2. The molecule has 3 aromatic carbocycles. The number of hydrogen-bond donors (Lipinski definition) is 2. The highest BCUT2D eigenvalue weighted by Crippen LogP contribution is 2.37. The highest BCUT2D eigenvalue weighted by molar-refractivity contribution is 6.03. The zero-order valence-corrected chi connectivity index (χ0v) is 20.0. The van der Waals surface area contributed by atoms with Crippen molar-refractivity contribution >= 4 is 28.4 Å². The van der Waals surface area contributed by atoms with E-state index in [1.165, 1.54) is 6.08 Å². The molecule has 0 saturated heterocycles. The molecule has 0 atom stereocenters. The van der Waals surface area contributed by atoms with E-state index in [0.717, 1.165) is 50.1 Å². The third-order valence-electron chi connectivity index (χ3n) is 6.33. The van der Waals surface area contributed by atoms with Gasteiger partial charge in [-0.1, -0.05) is 43.0 Å².